The molecule has 0 saturated carbocycles. The first-order chi connectivity index (χ1) is 11.3. The molecule has 0 atom stereocenters. The summed E-state index contributed by atoms with van der Waals surface area (Å²) < 4.78 is 0. The van der Waals surface area contributed by atoms with E-state index < -0.39 is 0 Å². The van der Waals surface area contributed by atoms with Gasteiger partial charge in [-0.2, -0.15) is 5.26 Å². The minimum Gasteiger partial charge on any atom is -0.356 e. The maximum Gasteiger partial charge on any atom is 0.152 e. The Bertz CT molecular complexity index is 586. The van der Waals surface area contributed by atoms with Crippen molar-refractivity contribution in [3.8, 4) is 6.07 Å². The van der Waals surface area contributed by atoms with E-state index in [1.54, 1.807) is 6.20 Å². The molecule has 0 aliphatic rings. The molecule has 0 saturated heterocycles. The highest BCUT2D eigenvalue weighted by molar-refractivity contribution is 7.07. The van der Waals surface area contributed by atoms with Gasteiger partial charge in [-0.15, -0.1) is 11.3 Å². The number of nitrogens with zero attached hydrogens (tertiary/aromatic N) is 4. The molecular formula is C18H23N4S. The molecule has 23 heavy (non-hydrogen) atoms. The van der Waals surface area contributed by atoms with Gasteiger partial charge in [-0.05, 0) is 18.6 Å². The molecule has 2 rings (SSSR count). The summed E-state index contributed by atoms with van der Waals surface area (Å²) in [6.07, 6.45) is 8.85. The molecule has 0 unspecified atom stereocenters. The lowest BCUT2D eigenvalue weighted by molar-refractivity contribution is 0.614. The van der Waals surface area contributed by atoms with Crippen LogP contribution in [0.15, 0.2) is 23.7 Å². The number of thiazole rings is 1. The maximum absolute atomic E-state index is 8.91. The Morgan fingerprint density at radius 3 is 2.74 bits per heavy atom. The number of unbranched alkanes of at least 4 members (excludes halogenated alkanes) is 4. The summed E-state index contributed by atoms with van der Waals surface area (Å²) in [5, 5.41) is 11.0. The minimum atomic E-state index is 0.603. The van der Waals surface area contributed by atoms with E-state index in [-0.39, 0.29) is 0 Å². The van der Waals surface area contributed by atoms with E-state index in [2.05, 4.69) is 33.4 Å². The van der Waals surface area contributed by atoms with Gasteiger partial charge in [-0.25, -0.2) is 9.97 Å². The van der Waals surface area contributed by atoms with Crippen LogP contribution in [0.4, 0.5) is 5.82 Å². The SMILES string of the molecule is CCCCCCCN(CCc1cs[c]n1)c1ccc(C#N)cn1. The lowest BCUT2D eigenvalue weighted by Crippen LogP contribution is -2.28. The van der Waals surface area contributed by atoms with E-state index in [1.807, 2.05) is 17.5 Å². The van der Waals surface area contributed by atoms with Crippen LogP contribution in [0.1, 0.15) is 50.3 Å². The summed E-state index contributed by atoms with van der Waals surface area (Å²) in [6, 6.07) is 5.90. The number of hydrogen-bond donors (Lipinski definition) is 0. The summed E-state index contributed by atoms with van der Waals surface area (Å²) in [5.41, 5.74) is 4.58. The van der Waals surface area contributed by atoms with Crippen molar-refractivity contribution in [2.45, 2.75) is 45.4 Å². The van der Waals surface area contributed by atoms with Gasteiger partial charge in [-0.3, -0.25) is 0 Å². The third kappa shape index (κ3) is 5.99. The Hall–Kier alpha value is -1.93. The molecule has 0 bridgehead atoms. The standard InChI is InChI=1S/C18H23N4S/c1-2-3-4-5-6-10-22(11-9-17-14-23-15-21-17)18-8-7-16(12-19)13-20-18/h7-8,13-14H,2-6,9-11H2,1H3. The second-order valence-electron chi connectivity index (χ2n) is 5.60. The van der Waals surface area contributed by atoms with E-state index in [4.69, 9.17) is 5.26 Å². The number of anilines is 1. The minimum absolute atomic E-state index is 0.603. The van der Waals surface area contributed by atoms with Crippen molar-refractivity contribution in [3.05, 3.63) is 40.5 Å². The van der Waals surface area contributed by atoms with E-state index in [1.165, 1.54) is 43.4 Å². The second-order valence-corrected chi connectivity index (χ2v) is 6.25. The van der Waals surface area contributed by atoms with Gasteiger partial charge in [0.05, 0.1) is 11.3 Å². The van der Waals surface area contributed by atoms with Crippen LogP contribution in [0.25, 0.3) is 0 Å². The predicted molar refractivity (Wildman–Crippen MR) is 94.6 cm³/mol. The first kappa shape index (κ1) is 17.4. The summed E-state index contributed by atoms with van der Waals surface area (Å²) in [4.78, 5) is 11.0. The molecule has 0 amide bonds. The molecule has 0 aliphatic carbocycles. The predicted octanol–water partition coefficient (Wildman–Crippen LogP) is 4.23. The molecule has 0 fully saturated rings. The molecule has 2 aromatic rings. The number of nitriles is 1. The highest BCUT2D eigenvalue weighted by Crippen LogP contribution is 2.14. The van der Waals surface area contributed by atoms with Gasteiger partial charge in [0.2, 0.25) is 0 Å². The summed E-state index contributed by atoms with van der Waals surface area (Å²) in [6.45, 7) is 4.12. The van der Waals surface area contributed by atoms with Gasteiger partial charge < -0.3 is 4.90 Å². The Labute approximate surface area is 142 Å². The zero-order chi connectivity index (χ0) is 16.3. The van der Waals surface area contributed by atoms with Gasteiger partial charge in [0, 0.05) is 31.1 Å². The lowest BCUT2D eigenvalue weighted by atomic mass is 10.1. The lowest BCUT2D eigenvalue weighted by Gasteiger charge is -2.23. The largest absolute Gasteiger partial charge is 0.356 e. The van der Waals surface area contributed by atoms with Crippen LogP contribution < -0.4 is 4.90 Å². The molecule has 5 heteroatoms. The smallest absolute Gasteiger partial charge is 0.152 e. The number of pyridine rings is 1. The Balaban J connectivity index is 1.93. The molecule has 0 aromatic carbocycles. The van der Waals surface area contributed by atoms with Crippen molar-refractivity contribution < 1.29 is 0 Å². The average molecular weight is 327 g/mol. The third-order valence-corrected chi connectivity index (χ3v) is 4.39. The van der Waals surface area contributed by atoms with E-state index in [9.17, 15) is 0 Å². The molecule has 0 N–H and O–H groups in total. The summed E-state index contributed by atoms with van der Waals surface area (Å²) in [5.74, 6) is 0.943. The highest BCUT2D eigenvalue weighted by atomic mass is 32.1. The van der Waals surface area contributed by atoms with Crippen molar-refractivity contribution in [2.24, 2.45) is 0 Å². The summed E-state index contributed by atoms with van der Waals surface area (Å²) in [7, 11) is 0. The van der Waals surface area contributed by atoms with Crippen LogP contribution in [-0.4, -0.2) is 23.1 Å². The van der Waals surface area contributed by atoms with Crippen LogP contribution in [0.5, 0.6) is 0 Å². The molecular weight excluding hydrogens is 304 g/mol. The van der Waals surface area contributed by atoms with Crippen molar-refractivity contribution in [3.63, 3.8) is 0 Å². The summed E-state index contributed by atoms with van der Waals surface area (Å²) >= 11 is 1.51. The first-order valence-electron chi connectivity index (χ1n) is 8.25. The molecule has 0 aliphatic heterocycles. The first-order valence-corrected chi connectivity index (χ1v) is 9.13. The molecule has 2 aromatic heterocycles. The molecule has 4 nitrogen and oxygen atoms in total. The Morgan fingerprint density at radius 2 is 2.09 bits per heavy atom. The van der Waals surface area contributed by atoms with E-state index in [0.29, 0.717) is 5.56 Å². The maximum atomic E-state index is 8.91. The fraction of sp³-hybridized carbons (Fsp3) is 0.500. The van der Waals surface area contributed by atoms with Gasteiger partial charge in [0.15, 0.2) is 5.51 Å². The molecule has 1 radical (unpaired) electrons. The fourth-order valence-corrected chi connectivity index (χ4v) is 2.99. The number of hydrogen-bond acceptors (Lipinski definition) is 5. The van der Waals surface area contributed by atoms with Crippen molar-refractivity contribution in [1.29, 1.82) is 5.26 Å². The van der Waals surface area contributed by atoms with Crippen LogP contribution in [0, 0.1) is 16.8 Å². The van der Waals surface area contributed by atoms with E-state index in [0.717, 1.165) is 31.0 Å². The van der Waals surface area contributed by atoms with Crippen LogP contribution in [0.2, 0.25) is 0 Å². The van der Waals surface area contributed by atoms with Crippen molar-refractivity contribution in [1.82, 2.24) is 9.97 Å². The van der Waals surface area contributed by atoms with Crippen LogP contribution in [-0.2, 0) is 6.42 Å². The van der Waals surface area contributed by atoms with Gasteiger partial charge in [-0.1, -0.05) is 32.6 Å². The Morgan fingerprint density at radius 1 is 1.22 bits per heavy atom. The van der Waals surface area contributed by atoms with Crippen molar-refractivity contribution in [2.75, 3.05) is 18.0 Å². The fourth-order valence-electron chi connectivity index (χ4n) is 2.46. The highest BCUT2D eigenvalue weighted by Gasteiger charge is 2.09. The number of rotatable bonds is 10. The van der Waals surface area contributed by atoms with E-state index >= 15 is 0 Å². The Kier molecular flexibility index (Phi) is 7.55. The normalized spacial score (nSPS) is 10.4. The zero-order valence-electron chi connectivity index (χ0n) is 13.7. The second kappa shape index (κ2) is 9.96. The molecule has 121 valence electrons. The van der Waals surface area contributed by atoms with Gasteiger partial charge in [0.1, 0.15) is 11.9 Å². The number of aromatic nitrogens is 2. The topological polar surface area (TPSA) is 52.8 Å². The van der Waals surface area contributed by atoms with Crippen molar-refractivity contribution >= 4 is 17.2 Å². The van der Waals surface area contributed by atoms with Crippen LogP contribution in [0.3, 0.4) is 0 Å². The third-order valence-electron chi connectivity index (χ3n) is 3.81. The molecule has 2 heterocycles. The van der Waals surface area contributed by atoms with Gasteiger partial charge >= 0.3 is 0 Å². The zero-order valence-corrected chi connectivity index (χ0v) is 14.5. The van der Waals surface area contributed by atoms with Gasteiger partial charge in [0.25, 0.3) is 0 Å². The molecule has 0 spiro atoms. The average Bonchev–Trinajstić information content (AvgIpc) is 3.11. The van der Waals surface area contributed by atoms with Crippen LogP contribution >= 0.6 is 11.3 Å². The quantitative estimate of drug-likeness (QED) is 0.613. The monoisotopic (exact) mass is 327 g/mol.